The zero-order valence-electron chi connectivity index (χ0n) is 10.6. The minimum absolute atomic E-state index is 0.142. The summed E-state index contributed by atoms with van der Waals surface area (Å²) in [5.41, 5.74) is 1.06. The van der Waals surface area contributed by atoms with E-state index in [0.717, 1.165) is 19.5 Å². The molecule has 3 rings (SSSR count). The molecule has 1 unspecified atom stereocenters. The molecule has 1 aromatic carbocycles. The lowest BCUT2D eigenvalue weighted by atomic mass is 10.1. The highest BCUT2D eigenvalue weighted by Gasteiger charge is 2.20. The van der Waals surface area contributed by atoms with E-state index in [-0.39, 0.29) is 11.9 Å². The molecule has 1 aromatic heterocycles. The molecule has 0 bridgehead atoms. The fourth-order valence-electron chi connectivity index (χ4n) is 2.20. The number of aromatic nitrogens is 4. The van der Waals surface area contributed by atoms with Crippen LogP contribution in [0.2, 0.25) is 5.02 Å². The number of hydrogen-bond acceptors (Lipinski definition) is 5. The molecule has 1 aliphatic rings. The first kappa shape index (κ1) is 13.0. The topological polar surface area (TPSA) is 84.7 Å². The van der Waals surface area contributed by atoms with Gasteiger partial charge in [-0.1, -0.05) is 11.6 Å². The summed E-state index contributed by atoms with van der Waals surface area (Å²) in [6, 6.07) is 5.19. The van der Waals surface area contributed by atoms with Crippen molar-refractivity contribution in [2.75, 3.05) is 13.1 Å². The standard InChI is InChI=1S/C12H13ClN6O/c13-8-1-2-11(19-7-15-17-18-19)10(5-8)12(20)16-9-3-4-14-6-9/h1-2,5,7,9,14H,3-4,6H2,(H,16,20). The highest BCUT2D eigenvalue weighted by Crippen LogP contribution is 2.19. The Balaban J connectivity index is 1.90. The second kappa shape index (κ2) is 5.56. The fraction of sp³-hybridized carbons (Fsp3) is 0.333. The number of benzene rings is 1. The van der Waals surface area contributed by atoms with Gasteiger partial charge in [-0.25, -0.2) is 0 Å². The van der Waals surface area contributed by atoms with E-state index < -0.39 is 0 Å². The lowest BCUT2D eigenvalue weighted by molar-refractivity contribution is 0.0940. The number of hydrogen-bond donors (Lipinski definition) is 2. The molecule has 8 heteroatoms. The maximum Gasteiger partial charge on any atom is 0.253 e. The molecule has 1 atom stereocenters. The predicted molar refractivity (Wildman–Crippen MR) is 72.9 cm³/mol. The molecule has 0 radical (unpaired) electrons. The summed E-state index contributed by atoms with van der Waals surface area (Å²) in [5, 5.41) is 17.7. The van der Waals surface area contributed by atoms with E-state index in [9.17, 15) is 4.79 Å². The van der Waals surface area contributed by atoms with E-state index in [1.54, 1.807) is 18.2 Å². The van der Waals surface area contributed by atoms with Gasteiger partial charge in [0, 0.05) is 17.6 Å². The van der Waals surface area contributed by atoms with Crippen molar-refractivity contribution in [3.05, 3.63) is 35.1 Å². The summed E-state index contributed by atoms with van der Waals surface area (Å²) >= 11 is 5.99. The van der Waals surface area contributed by atoms with Gasteiger partial charge in [-0.3, -0.25) is 4.79 Å². The Bertz CT molecular complexity index is 608. The van der Waals surface area contributed by atoms with Gasteiger partial charge in [0.15, 0.2) is 0 Å². The maximum absolute atomic E-state index is 12.4. The van der Waals surface area contributed by atoms with Crippen LogP contribution in [0.25, 0.3) is 5.69 Å². The first-order valence-electron chi connectivity index (χ1n) is 6.28. The Hall–Kier alpha value is -1.99. The SMILES string of the molecule is O=C(NC1CCNC1)c1cc(Cl)ccc1-n1cnnn1. The van der Waals surface area contributed by atoms with Crippen molar-refractivity contribution in [3.63, 3.8) is 0 Å². The van der Waals surface area contributed by atoms with Gasteiger partial charge >= 0.3 is 0 Å². The number of amides is 1. The second-order valence-corrected chi connectivity index (χ2v) is 5.02. The number of carbonyl (C=O) groups excluding carboxylic acids is 1. The number of carbonyl (C=O) groups is 1. The zero-order valence-corrected chi connectivity index (χ0v) is 11.3. The molecule has 1 amide bonds. The van der Waals surface area contributed by atoms with Crippen LogP contribution >= 0.6 is 11.6 Å². The van der Waals surface area contributed by atoms with Gasteiger partial charge in [-0.15, -0.1) is 5.10 Å². The fourth-order valence-corrected chi connectivity index (χ4v) is 2.37. The van der Waals surface area contributed by atoms with E-state index in [0.29, 0.717) is 16.3 Å². The first-order valence-corrected chi connectivity index (χ1v) is 6.66. The second-order valence-electron chi connectivity index (χ2n) is 4.58. The van der Waals surface area contributed by atoms with Gasteiger partial charge in [0.1, 0.15) is 6.33 Å². The number of tetrazole rings is 1. The maximum atomic E-state index is 12.4. The lowest BCUT2D eigenvalue weighted by Crippen LogP contribution is -2.36. The Labute approximate surface area is 120 Å². The van der Waals surface area contributed by atoms with Crippen molar-refractivity contribution in [1.82, 2.24) is 30.8 Å². The van der Waals surface area contributed by atoms with Crippen LogP contribution in [-0.2, 0) is 0 Å². The van der Waals surface area contributed by atoms with Crippen LogP contribution in [0.4, 0.5) is 0 Å². The van der Waals surface area contributed by atoms with Gasteiger partial charge < -0.3 is 10.6 Å². The lowest BCUT2D eigenvalue weighted by Gasteiger charge is -2.13. The van der Waals surface area contributed by atoms with E-state index >= 15 is 0 Å². The molecular formula is C12H13ClN6O. The average molecular weight is 293 g/mol. The molecular weight excluding hydrogens is 280 g/mol. The monoisotopic (exact) mass is 292 g/mol. The Kier molecular flexibility index (Phi) is 3.62. The van der Waals surface area contributed by atoms with E-state index in [2.05, 4.69) is 26.2 Å². The van der Waals surface area contributed by atoms with Crippen LogP contribution in [0.5, 0.6) is 0 Å². The van der Waals surface area contributed by atoms with Crippen molar-refractivity contribution in [1.29, 1.82) is 0 Å². The molecule has 0 saturated carbocycles. The van der Waals surface area contributed by atoms with Gasteiger partial charge in [0.2, 0.25) is 0 Å². The van der Waals surface area contributed by atoms with E-state index in [4.69, 9.17) is 11.6 Å². The summed E-state index contributed by atoms with van der Waals surface area (Å²) in [4.78, 5) is 12.4. The quantitative estimate of drug-likeness (QED) is 0.856. The minimum Gasteiger partial charge on any atom is -0.348 e. The van der Waals surface area contributed by atoms with Gasteiger partial charge in [-0.05, 0) is 41.6 Å². The Morgan fingerprint density at radius 1 is 1.50 bits per heavy atom. The molecule has 1 aliphatic heterocycles. The normalized spacial score (nSPS) is 18.1. The molecule has 7 nitrogen and oxygen atoms in total. The zero-order chi connectivity index (χ0) is 13.9. The molecule has 0 spiro atoms. The van der Waals surface area contributed by atoms with Gasteiger partial charge in [-0.2, -0.15) is 4.68 Å². The average Bonchev–Trinajstić information content (AvgIpc) is 3.11. The third kappa shape index (κ3) is 2.63. The van der Waals surface area contributed by atoms with Gasteiger partial charge in [0.25, 0.3) is 5.91 Å². The van der Waals surface area contributed by atoms with Crippen molar-refractivity contribution in [2.24, 2.45) is 0 Å². The number of nitrogens with one attached hydrogen (secondary N) is 2. The van der Waals surface area contributed by atoms with E-state index in [1.165, 1.54) is 11.0 Å². The number of rotatable bonds is 3. The van der Waals surface area contributed by atoms with Crippen LogP contribution < -0.4 is 10.6 Å². The third-order valence-electron chi connectivity index (χ3n) is 3.19. The van der Waals surface area contributed by atoms with Crippen molar-refractivity contribution < 1.29 is 4.79 Å². The molecule has 20 heavy (non-hydrogen) atoms. The number of nitrogens with zero attached hydrogens (tertiary/aromatic N) is 4. The molecule has 2 aromatic rings. The van der Waals surface area contributed by atoms with Crippen LogP contribution in [0.15, 0.2) is 24.5 Å². The first-order chi connectivity index (χ1) is 9.74. The molecule has 1 fully saturated rings. The summed E-state index contributed by atoms with van der Waals surface area (Å²) in [6.45, 7) is 1.70. The van der Waals surface area contributed by atoms with Crippen LogP contribution in [0, 0.1) is 0 Å². The van der Waals surface area contributed by atoms with Gasteiger partial charge in [0.05, 0.1) is 11.3 Å². The summed E-state index contributed by atoms with van der Waals surface area (Å²) < 4.78 is 1.44. The molecule has 0 aliphatic carbocycles. The van der Waals surface area contributed by atoms with Crippen LogP contribution in [0.1, 0.15) is 16.8 Å². The highest BCUT2D eigenvalue weighted by molar-refractivity contribution is 6.31. The largest absolute Gasteiger partial charge is 0.348 e. The molecule has 1 saturated heterocycles. The minimum atomic E-state index is -0.174. The van der Waals surface area contributed by atoms with Crippen molar-refractivity contribution in [3.8, 4) is 5.69 Å². The number of halogens is 1. The molecule has 104 valence electrons. The smallest absolute Gasteiger partial charge is 0.253 e. The van der Waals surface area contributed by atoms with Crippen LogP contribution in [0.3, 0.4) is 0 Å². The summed E-state index contributed by atoms with van der Waals surface area (Å²) in [5.74, 6) is -0.174. The Morgan fingerprint density at radius 2 is 2.40 bits per heavy atom. The summed E-state index contributed by atoms with van der Waals surface area (Å²) in [7, 11) is 0. The highest BCUT2D eigenvalue weighted by atomic mass is 35.5. The van der Waals surface area contributed by atoms with Crippen molar-refractivity contribution in [2.45, 2.75) is 12.5 Å². The van der Waals surface area contributed by atoms with Crippen molar-refractivity contribution >= 4 is 17.5 Å². The van der Waals surface area contributed by atoms with E-state index in [1.807, 2.05) is 0 Å². The Morgan fingerprint density at radius 3 is 3.10 bits per heavy atom. The molecule has 2 N–H and O–H groups in total. The molecule has 2 heterocycles. The van der Waals surface area contributed by atoms with Crippen LogP contribution in [-0.4, -0.2) is 45.2 Å². The predicted octanol–water partition coefficient (Wildman–Crippen LogP) is 0.407. The summed E-state index contributed by atoms with van der Waals surface area (Å²) in [6.07, 6.45) is 2.36. The third-order valence-corrected chi connectivity index (χ3v) is 3.43.